The van der Waals surface area contributed by atoms with E-state index in [1.165, 1.54) is 42.6 Å². The first-order valence-electron chi connectivity index (χ1n) is 13.1. The minimum absolute atomic E-state index is 0.577. The zero-order chi connectivity index (χ0) is 23.6. The van der Waals surface area contributed by atoms with Crippen LogP contribution < -0.4 is 9.64 Å². The SMILES string of the molecule is COc1ccc2c(c1)CC(N(CCCC#N)CCCCN1CCN(c3ccccc3)CC1)CC2. The second kappa shape index (κ2) is 12.8. The Hall–Kier alpha value is -2.55. The topological polar surface area (TPSA) is 42.7 Å². The number of ether oxygens (including phenoxy) is 1. The lowest BCUT2D eigenvalue weighted by molar-refractivity contribution is 0.169. The zero-order valence-electron chi connectivity index (χ0n) is 20.8. The number of fused-ring (bicyclic) bond motifs is 1. The summed E-state index contributed by atoms with van der Waals surface area (Å²) in [4.78, 5) is 7.80. The molecule has 182 valence electrons. The monoisotopic (exact) mass is 460 g/mol. The molecule has 1 heterocycles. The van der Waals surface area contributed by atoms with Gasteiger partial charge in [-0.2, -0.15) is 5.26 Å². The maximum absolute atomic E-state index is 9.04. The first-order chi connectivity index (χ1) is 16.8. The van der Waals surface area contributed by atoms with Gasteiger partial charge in [0.1, 0.15) is 5.75 Å². The smallest absolute Gasteiger partial charge is 0.119 e. The number of aryl methyl sites for hydroxylation is 1. The molecule has 0 bridgehead atoms. The summed E-state index contributed by atoms with van der Waals surface area (Å²) < 4.78 is 5.47. The highest BCUT2D eigenvalue weighted by Gasteiger charge is 2.24. The largest absolute Gasteiger partial charge is 0.497 e. The predicted molar refractivity (Wildman–Crippen MR) is 140 cm³/mol. The van der Waals surface area contributed by atoms with Crippen LogP contribution in [-0.2, 0) is 12.8 Å². The lowest BCUT2D eigenvalue weighted by atomic mass is 9.87. The summed E-state index contributed by atoms with van der Waals surface area (Å²) >= 11 is 0. The highest BCUT2D eigenvalue weighted by atomic mass is 16.5. The van der Waals surface area contributed by atoms with Crippen molar-refractivity contribution < 1.29 is 4.74 Å². The van der Waals surface area contributed by atoms with Crippen molar-refractivity contribution in [2.45, 2.75) is 51.0 Å². The van der Waals surface area contributed by atoms with Crippen molar-refractivity contribution in [1.29, 1.82) is 5.26 Å². The number of hydrogen-bond donors (Lipinski definition) is 0. The summed E-state index contributed by atoms with van der Waals surface area (Å²) in [5, 5.41) is 9.04. The third-order valence-corrected chi connectivity index (χ3v) is 7.53. The fraction of sp³-hybridized carbons (Fsp3) is 0.552. The van der Waals surface area contributed by atoms with Crippen LogP contribution >= 0.6 is 0 Å². The second-order valence-corrected chi connectivity index (χ2v) is 9.70. The molecule has 4 rings (SSSR count). The quantitative estimate of drug-likeness (QED) is 0.452. The maximum Gasteiger partial charge on any atom is 0.119 e. The van der Waals surface area contributed by atoms with Crippen molar-refractivity contribution in [3.8, 4) is 11.8 Å². The molecule has 1 atom stereocenters. The van der Waals surface area contributed by atoms with Crippen LogP contribution in [0.5, 0.6) is 5.75 Å². The number of piperazine rings is 1. The number of nitriles is 1. The number of hydrogen-bond acceptors (Lipinski definition) is 5. The number of para-hydroxylation sites is 1. The van der Waals surface area contributed by atoms with Gasteiger partial charge in [-0.3, -0.25) is 4.90 Å². The van der Waals surface area contributed by atoms with Crippen LogP contribution in [-0.4, -0.2) is 68.8 Å². The Balaban J connectivity index is 1.23. The van der Waals surface area contributed by atoms with Crippen molar-refractivity contribution in [3.05, 3.63) is 59.7 Å². The van der Waals surface area contributed by atoms with E-state index in [-0.39, 0.29) is 0 Å². The molecule has 1 fully saturated rings. The standard InChI is InChI=1S/C29H40N4O/c1-34-29-14-12-25-11-13-28(23-26(25)24-29)32(17-6-5-15-30)18-8-7-16-31-19-21-33(22-20-31)27-9-3-2-4-10-27/h2-4,9-10,12,14,24,28H,5-8,11,13,16-23H2,1H3. The van der Waals surface area contributed by atoms with E-state index in [9.17, 15) is 0 Å². The molecule has 2 aromatic carbocycles. The van der Waals surface area contributed by atoms with Crippen molar-refractivity contribution in [1.82, 2.24) is 9.80 Å². The fourth-order valence-electron chi connectivity index (χ4n) is 5.51. The van der Waals surface area contributed by atoms with Gasteiger partial charge in [0.05, 0.1) is 13.2 Å². The van der Waals surface area contributed by atoms with Crippen LogP contribution in [0.1, 0.15) is 43.2 Å². The van der Waals surface area contributed by atoms with Crippen LogP contribution in [0, 0.1) is 11.3 Å². The molecule has 5 nitrogen and oxygen atoms in total. The van der Waals surface area contributed by atoms with Gasteiger partial charge in [0.2, 0.25) is 0 Å². The van der Waals surface area contributed by atoms with Gasteiger partial charge in [0, 0.05) is 44.3 Å². The van der Waals surface area contributed by atoms with E-state index in [1.54, 1.807) is 7.11 Å². The Morgan fingerprint density at radius 3 is 2.53 bits per heavy atom. The van der Waals surface area contributed by atoms with Crippen LogP contribution in [0.25, 0.3) is 0 Å². The summed E-state index contributed by atoms with van der Waals surface area (Å²) in [7, 11) is 1.75. The van der Waals surface area contributed by atoms with Gasteiger partial charge in [0.15, 0.2) is 0 Å². The molecule has 1 unspecified atom stereocenters. The molecular formula is C29H40N4O. The number of benzene rings is 2. The van der Waals surface area contributed by atoms with Crippen molar-refractivity contribution in [2.24, 2.45) is 0 Å². The first-order valence-corrected chi connectivity index (χ1v) is 13.1. The van der Waals surface area contributed by atoms with E-state index in [0.717, 1.165) is 64.3 Å². The molecular weight excluding hydrogens is 420 g/mol. The average Bonchev–Trinajstić information content (AvgIpc) is 2.90. The molecule has 0 aromatic heterocycles. The highest BCUT2D eigenvalue weighted by Crippen LogP contribution is 2.28. The maximum atomic E-state index is 9.04. The van der Waals surface area contributed by atoms with Gasteiger partial charge >= 0.3 is 0 Å². The zero-order valence-corrected chi connectivity index (χ0v) is 20.8. The number of unbranched alkanes of at least 4 members (excludes halogenated alkanes) is 2. The van der Waals surface area contributed by atoms with E-state index in [0.29, 0.717) is 12.5 Å². The third-order valence-electron chi connectivity index (χ3n) is 7.53. The normalized spacial score (nSPS) is 18.5. The molecule has 1 aliphatic heterocycles. The van der Waals surface area contributed by atoms with Gasteiger partial charge in [-0.15, -0.1) is 0 Å². The lowest BCUT2D eigenvalue weighted by Gasteiger charge is -2.37. The Morgan fingerprint density at radius 2 is 1.76 bits per heavy atom. The van der Waals surface area contributed by atoms with Crippen LogP contribution in [0.2, 0.25) is 0 Å². The molecule has 2 aromatic rings. The summed E-state index contributed by atoms with van der Waals surface area (Å²) in [6.07, 6.45) is 7.56. The number of methoxy groups -OCH3 is 1. The van der Waals surface area contributed by atoms with E-state index in [1.807, 2.05) is 0 Å². The summed E-state index contributed by atoms with van der Waals surface area (Å²) in [5.74, 6) is 0.961. The minimum atomic E-state index is 0.577. The molecule has 2 aliphatic rings. The van der Waals surface area contributed by atoms with E-state index < -0.39 is 0 Å². The lowest BCUT2D eigenvalue weighted by Crippen LogP contribution is -2.46. The molecule has 1 aliphatic carbocycles. The van der Waals surface area contributed by atoms with E-state index in [4.69, 9.17) is 10.00 Å². The van der Waals surface area contributed by atoms with Crippen molar-refractivity contribution in [2.75, 3.05) is 57.8 Å². The highest BCUT2D eigenvalue weighted by molar-refractivity contribution is 5.46. The molecule has 0 radical (unpaired) electrons. The molecule has 0 N–H and O–H groups in total. The summed E-state index contributed by atoms with van der Waals surface area (Å²) in [5.41, 5.74) is 4.27. The summed E-state index contributed by atoms with van der Waals surface area (Å²) in [6, 6.07) is 20.2. The van der Waals surface area contributed by atoms with Crippen LogP contribution in [0.3, 0.4) is 0 Å². The van der Waals surface area contributed by atoms with Crippen LogP contribution in [0.15, 0.2) is 48.5 Å². The Kier molecular flexibility index (Phi) is 9.24. The van der Waals surface area contributed by atoms with Crippen LogP contribution in [0.4, 0.5) is 5.69 Å². The molecule has 1 saturated heterocycles. The molecule has 34 heavy (non-hydrogen) atoms. The Morgan fingerprint density at radius 1 is 0.971 bits per heavy atom. The van der Waals surface area contributed by atoms with Crippen molar-refractivity contribution in [3.63, 3.8) is 0 Å². The Bertz CT molecular complexity index is 917. The average molecular weight is 461 g/mol. The molecule has 0 spiro atoms. The molecule has 5 heteroatoms. The second-order valence-electron chi connectivity index (χ2n) is 9.70. The van der Waals surface area contributed by atoms with Gasteiger partial charge < -0.3 is 14.5 Å². The number of anilines is 1. The number of nitrogens with zero attached hydrogens (tertiary/aromatic N) is 4. The van der Waals surface area contributed by atoms with Gasteiger partial charge in [0.25, 0.3) is 0 Å². The summed E-state index contributed by atoms with van der Waals surface area (Å²) in [6.45, 7) is 7.92. The van der Waals surface area contributed by atoms with Gasteiger partial charge in [-0.1, -0.05) is 24.3 Å². The van der Waals surface area contributed by atoms with Gasteiger partial charge in [-0.25, -0.2) is 0 Å². The number of rotatable bonds is 11. The van der Waals surface area contributed by atoms with E-state index in [2.05, 4.69) is 69.3 Å². The molecule has 0 saturated carbocycles. The fourth-order valence-corrected chi connectivity index (χ4v) is 5.51. The van der Waals surface area contributed by atoms with E-state index >= 15 is 0 Å². The van der Waals surface area contributed by atoms with Gasteiger partial charge in [-0.05, 0) is 93.6 Å². The minimum Gasteiger partial charge on any atom is -0.497 e. The molecule has 0 amide bonds. The third kappa shape index (κ3) is 6.74. The van der Waals surface area contributed by atoms with Crippen molar-refractivity contribution >= 4 is 5.69 Å². The predicted octanol–water partition coefficient (Wildman–Crippen LogP) is 4.76. The first kappa shape index (κ1) is 24.6. The Labute approximate surface area is 205 Å².